The number of alkyl halides is 3. The molecule has 1 aromatic rings. The highest BCUT2D eigenvalue weighted by Gasteiger charge is 2.42. The lowest BCUT2D eigenvalue weighted by atomic mass is 10.2. The van der Waals surface area contributed by atoms with Crippen LogP contribution in [-0.4, -0.2) is 22.5 Å². The van der Waals surface area contributed by atoms with Gasteiger partial charge in [0.2, 0.25) is 0 Å². The summed E-state index contributed by atoms with van der Waals surface area (Å²) in [6.45, 7) is 1.34. The van der Waals surface area contributed by atoms with E-state index in [-0.39, 0.29) is 0 Å². The van der Waals surface area contributed by atoms with Crippen LogP contribution in [0.1, 0.15) is 6.92 Å². The van der Waals surface area contributed by atoms with E-state index in [1.54, 1.807) is 12.1 Å². The van der Waals surface area contributed by atoms with E-state index in [4.69, 9.17) is 5.73 Å². The second-order valence-corrected chi connectivity index (χ2v) is 4.27. The average molecular weight is 236 g/mol. The lowest BCUT2D eigenvalue weighted by molar-refractivity contribution is -0.131. The summed E-state index contributed by atoms with van der Waals surface area (Å²) in [5.74, 6) is 0. The summed E-state index contributed by atoms with van der Waals surface area (Å²) in [6, 6.07) is 3.87. The van der Waals surface area contributed by atoms with Crippen molar-refractivity contribution < 1.29 is 13.2 Å². The molecular weight excluding hydrogens is 225 g/mol. The van der Waals surface area contributed by atoms with Crippen LogP contribution in [0, 0.1) is 0 Å². The summed E-state index contributed by atoms with van der Waals surface area (Å²) in [4.78, 5) is 3.82. The predicted octanol–water partition coefficient (Wildman–Crippen LogP) is 2.45. The Morgan fingerprint density at radius 2 is 2.07 bits per heavy atom. The summed E-state index contributed by atoms with van der Waals surface area (Å²) < 4.78 is 37.6. The van der Waals surface area contributed by atoms with Crippen molar-refractivity contribution in [2.75, 3.05) is 0 Å². The van der Waals surface area contributed by atoms with Crippen LogP contribution in [0.4, 0.5) is 13.2 Å². The van der Waals surface area contributed by atoms with Crippen molar-refractivity contribution in [1.29, 1.82) is 0 Å². The van der Waals surface area contributed by atoms with E-state index in [2.05, 4.69) is 4.98 Å². The Morgan fingerprint density at radius 1 is 1.40 bits per heavy atom. The molecule has 0 aliphatic carbocycles. The highest BCUT2D eigenvalue weighted by molar-refractivity contribution is 8.00. The minimum Gasteiger partial charge on any atom is -0.327 e. The molecule has 84 valence electrons. The fraction of sp³-hybridized carbons (Fsp3) is 0.444. The van der Waals surface area contributed by atoms with Gasteiger partial charge in [0.25, 0.3) is 0 Å². The molecule has 0 saturated heterocycles. The fourth-order valence-corrected chi connectivity index (χ4v) is 1.91. The molecule has 0 radical (unpaired) electrons. The number of hydrogen-bond donors (Lipinski definition) is 1. The topological polar surface area (TPSA) is 38.9 Å². The number of hydrogen-bond acceptors (Lipinski definition) is 3. The molecule has 0 aliphatic rings. The third kappa shape index (κ3) is 3.71. The molecule has 0 aliphatic heterocycles. The average Bonchev–Trinajstić information content (AvgIpc) is 2.13. The van der Waals surface area contributed by atoms with E-state index < -0.39 is 17.5 Å². The number of aromatic nitrogens is 1. The lowest BCUT2D eigenvalue weighted by Crippen LogP contribution is -2.40. The Kier molecular flexibility index (Phi) is 3.98. The third-order valence-corrected chi connectivity index (χ3v) is 3.12. The van der Waals surface area contributed by atoms with Gasteiger partial charge in [-0.1, -0.05) is 17.8 Å². The number of nitrogens with two attached hydrogens (primary N) is 1. The second kappa shape index (κ2) is 4.85. The normalized spacial score (nSPS) is 16.1. The Labute approximate surface area is 90.1 Å². The van der Waals surface area contributed by atoms with Gasteiger partial charge in [0.05, 0.1) is 5.03 Å². The third-order valence-electron chi connectivity index (χ3n) is 1.69. The van der Waals surface area contributed by atoms with Crippen LogP contribution in [0.3, 0.4) is 0 Å². The molecule has 0 fully saturated rings. The van der Waals surface area contributed by atoms with Gasteiger partial charge in [0.1, 0.15) is 5.25 Å². The number of halogens is 3. The standard InChI is InChI=1S/C9H11F3N2S/c1-6(13)8(9(10,11)12)15-7-4-2-3-5-14-7/h2-6,8H,13H2,1H3. The van der Waals surface area contributed by atoms with E-state index in [1.165, 1.54) is 19.2 Å². The minimum atomic E-state index is -4.31. The molecule has 6 heteroatoms. The zero-order valence-corrected chi connectivity index (χ0v) is 8.85. The summed E-state index contributed by atoms with van der Waals surface area (Å²) in [6.07, 6.45) is -2.85. The second-order valence-electron chi connectivity index (χ2n) is 3.11. The molecule has 0 spiro atoms. The van der Waals surface area contributed by atoms with Gasteiger partial charge in [-0.2, -0.15) is 13.2 Å². The summed E-state index contributed by atoms with van der Waals surface area (Å²) in [5, 5.41) is -1.29. The summed E-state index contributed by atoms with van der Waals surface area (Å²) >= 11 is 0.643. The van der Waals surface area contributed by atoms with Crippen LogP contribution in [0.5, 0.6) is 0 Å². The first-order chi connectivity index (χ1) is 6.91. The van der Waals surface area contributed by atoms with Crippen molar-refractivity contribution in [3.8, 4) is 0 Å². The number of rotatable bonds is 3. The van der Waals surface area contributed by atoms with Crippen LogP contribution >= 0.6 is 11.8 Å². The highest BCUT2D eigenvalue weighted by atomic mass is 32.2. The Bertz CT molecular complexity index is 300. The first-order valence-corrected chi connectivity index (χ1v) is 5.19. The zero-order chi connectivity index (χ0) is 11.5. The smallest absolute Gasteiger partial charge is 0.327 e. The Balaban J connectivity index is 2.77. The molecule has 2 nitrogen and oxygen atoms in total. The number of pyridine rings is 1. The molecule has 0 amide bonds. The van der Waals surface area contributed by atoms with Crippen LogP contribution in [-0.2, 0) is 0 Å². The largest absolute Gasteiger partial charge is 0.402 e. The van der Waals surface area contributed by atoms with E-state index in [0.717, 1.165) is 0 Å². The van der Waals surface area contributed by atoms with E-state index >= 15 is 0 Å². The van der Waals surface area contributed by atoms with Crippen molar-refractivity contribution in [2.24, 2.45) is 5.73 Å². The van der Waals surface area contributed by atoms with E-state index in [1.807, 2.05) is 0 Å². The highest BCUT2D eigenvalue weighted by Crippen LogP contribution is 2.35. The molecule has 0 saturated carbocycles. The van der Waals surface area contributed by atoms with E-state index in [9.17, 15) is 13.2 Å². The molecule has 2 unspecified atom stereocenters. The fourth-order valence-electron chi connectivity index (χ4n) is 1.02. The molecule has 2 atom stereocenters. The first kappa shape index (κ1) is 12.3. The summed E-state index contributed by atoms with van der Waals surface area (Å²) in [7, 11) is 0. The van der Waals surface area contributed by atoms with Crippen LogP contribution in [0.15, 0.2) is 29.4 Å². The Morgan fingerprint density at radius 3 is 2.47 bits per heavy atom. The van der Waals surface area contributed by atoms with Crippen molar-refractivity contribution in [3.05, 3.63) is 24.4 Å². The van der Waals surface area contributed by atoms with Gasteiger partial charge in [-0.15, -0.1) is 0 Å². The first-order valence-electron chi connectivity index (χ1n) is 4.31. The summed E-state index contributed by atoms with van der Waals surface area (Å²) in [5.41, 5.74) is 5.30. The van der Waals surface area contributed by atoms with Crippen molar-refractivity contribution in [1.82, 2.24) is 4.98 Å². The van der Waals surface area contributed by atoms with Crippen LogP contribution < -0.4 is 5.73 Å². The monoisotopic (exact) mass is 236 g/mol. The minimum absolute atomic E-state index is 0.331. The number of thioether (sulfide) groups is 1. The van der Waals surface area contributed by atoms with Crippen LogP contribution in [0.2, 0.25) is 0 Å². The quantitative estimate of drug-likeness (QED) is 0.819. The van der Waals surface area contributed by atoms with E-state index in [0.29, 0.717) is 16.8 Å². The van der Waals surface area contributed by atoms with Gasteiger partial charge >= 0.3 is 6.18 Å². The predicted molar refractivity (Wildman–Crippen MR) is 53.6 cm³/mol. The van der Waals surface area contributed by atoms with Gasteiger partial charge in [-0.05, 0) is 19.1 Å². The zero-order valence-electron chi connectivity index (χ0n) is 8.03. The SMILES string of the molecule is CC(N)C(Sc1ccccn1)C(F)(F)F. The van der Waals surface area contributed by atoms with Crippen molar-refractivity contribution in [3.63, 3.8) is 0 Å². The molecule has 0 aromatic carbocycles. The van der Waals surface area contributed by atoms with Gasteiger partial charge in [0, 0.05) is 12.2 Å². The van der Waals surface area contributed by atoms with Gasteiger partial charge in [0.15, 0.2) is 0 Å². The number of nitrogens with zero attached hydrogens (tertiary/aromatic N) is 1. The molecular formula is C9H11F3N2S. The molecule has 1 heterocycles. The van der Waals surface area contributed by atoms with Gasteiger partial charge < -0.3 is 5.73 Å². The molecule has 1 rings (SSSR count). The maximum Gasteiger partial charge on any atom is 0.402 e. The van der Waals surface area contributed by atoms with Crippen molar-refractivity contribution in [2.45, 2.75) is 29.4 Å². The Hall–Kier alpha value is -0.750. The maximum absolute atomic E-state index is 12.5. The molecule has 2 N–H and O–H groups in total. The molecule has 1 aromatic heterocycles. The van der Waals surface area contributed by atoms with Gasteiger partial charge in [-0.3, -0.25) is 0 Å². The maximum atomic E-state index is 12.5. The lowest BCUT2D eigenvalue weighted by Gasteiger charge is -2.22. The van der Waals surface area contributed by atoms with Gasteiger partial charge in [-0.25, -0.2) is 4.98 Å². The van der Waals surface area contributed by atoms with Crippen LogP contribution in [0.25, 0.3) is 0 Å². The molecule has 15 heavy (non-hydrogen) atoms. The van der Waals surface area contributed by atoms with Crippen molar-refractivity contribution >= 4 is 11.8 Å². The molecule has 0 bridgehead atoms.